The van der Waals surface area contributed by atoms with Crippen molar-refractivity contribution in [3.05, 3.63) is 52.9 Å². The van der Waals surface area contributed by atoms with Crippen molar-refractivity contribution in [2.45, 2.75) is 19.8 Å². The zero-order valence-electron chi connectivity index (χ0n) is 13.8. The van der Waals surface area contributed by atoms with Gasteiger partial charge in [0.2, 0.25) is 5.91 Å². The Balaban J connectivity index is 1.49. The van der Waals surface area contributed by atoms with Crippen molar-refractivity contribution in [2.75, 3.05) is 31.1 Å². The molecule has 2 heterocycles. The Labute approximate surface area is 147 Å². The summed E-state index contributed by atoms with van der Waals surface area (Å²) in [7, 11) is 0. The highest BCUT2D eigenvalue weighted by Crippen LogP contribution is 2.18. The third-order valence-electron chi connectivity index (χ3n) is 4.37. The van der Waals surface area contributed by atoms with Gasteiger partial charge in [-0.2, -0.15) is 0 Å². The molecule has 0 radical (unpaired) electrons. The fraction of sp³-hybridized carbons (Fsp3) is 0.389. The van der Waals surface area contributed by atoms with Crippen molar-refractivity contribution in [1.82, 2.24) is 14.9 Å². The molecule has 1 fully saturated rings. The van der Waals surface area contributed by atoms with Crippen LogP contribution < -0.4 is 4.90 Å². The van der Waals surface area contributed by atoms with Crippen molar-refractivity contribution in [2.24, 2.45) is 0 Å². The second kappa shape index (κ2) is 7.62. The molecule has 5 nitrogen and oxygen atoms in total. The van der Waals surface area contributed by atoms with E-state index in [1.54, 1.807) is 18.6 Å². The van der Waals surface area contributed by atoms with Crippen LogP contribution in [0.1, 0.15) is 17.5 Å². The molecule has 0 atom stereocenters. The number of hydrogen-bond donors (Lipinski definition) is 0. The van der Waals surface area contributed by atoms with Crippen LogP contribution in [0.15, 0.2) is 36.8 Å². The molecular weight excluding hydrogens is 324 g/mol. The maximum absolute atomic E-state index is 12.4. The third-order valence-corrected chi connectivity index (χ3v) is 4.78. The number of aryl methyl sites for hydroxylation is 2. The summed E-state index contributed by atoms with van der Waals surface area (Å²) in [5, 5.41) is 0.762. The number of piperazine rings is 1. The van der Waals surface area contributed by atoms with Gasteiger partial charge in [-0.3, -0.25) is 9.78 Å². The van der Waals surface area contributed by atoms with E-state index < -0.39 is 0 Å². The molecule has 126 valence electrons. The van der Waals surface area contributed by atoms with E-state index in [2.05, 4.69) is 14.9 Å². The van der Waals surface area contributed by atoms with Crippen molar-refractivity contribution < 1.29 is 4.79 Å². The third kappa shape index (κ3) is 4.03. The van der Waals surface area contributed by atoms with Gasteiger partial charge in [-0.1, -0.05) is 23.7 Å². The number of amides is 1. The Morgan fingerprint density at radius 1 is 1.21 bits per heavy atom. The van der Waals surface area contributed by atoms with Gasteiger partial charge in [-0.25, -0.2) is 4.98 Å². The highest BCUT2D eigenvalue weighted by Gasteiger charge is 2.21. The number of carbonyl (C=O) groups excluding carboxylic acids is 1. The van der Waals surface area contributed by atoms with E-state index in [0.717, 1.165) is 54.6 Å². The van der Waals surface area contributed by atoms with Crippen LogP contribution in [0, 0.1) is 6.92 Å². The van der Waals surface area contributed by atoms with E-state index in [1.165, 1.54) is 0 Å². The molecule has 0 N–H and O–H groups in total. The lowest BCUT2D eigenvalue weighted by Gasteiger charge is -2.35. The molecule has 2 aromatic rings. The molecule has 1 saturated heterocycles. The molecule has 1 amide bonds. The number of anilines is 1. The lowest BCUT2D eigenvalue weighted by molar-refractivity contribution is -0.131. The van der Waals surface area contributed by atoms with Crippen molar-refractivity contribution >= 4 is 23.3 Å². The largest absolute Gasteiger partial charge is 0.352 e. The Morgan fingerprint density at radius 3 is 2.67 bits per heavy atom. The smallest absolute Gasteiger partial charge is 0.223 e. The average molecular weight is 345 g/mol. The first-order valence-electron chi connectivity index (χ1n) is 8.17. The van der Waals surface area contributed by atoms with Gasteiger partial charge in [-0.05, 0) is 30.5 Å². The molecule has 24 heavy (non-hydrogen) atoms. The fourth-order valence-electron chi connectivity index (χ4n) is 2.84. The van der Waals surface area contributed by atoms with Crippen LogP contribution in [-0.2, 0) is 11.2 Å². The molecule has 1 aliphatic rings. The number of rotatable bonds is 4. The minimum atomic E-state index is 0.200. The average Bonchev–Trinajstić information content (AvgIpc) is 2.63. The topological polar surface area (TPSA) is 49.3 Å². The van der Waals surface area contributed by atoms with Gasteiger partial charge in [0.25, 0.3) is 0 Å². The fourth-order valence-corrected chi connectivity index (χ4v) is 3.04. The summed E-state index contributed by atoms with van der Waals surface area (Å²) in [5.74, 6) is 1.07. The maximum Gasteiger partial charge on any atom is 0.223 e. The number of halogens is 1. The monoisotopic (exact) mass is 344 g/mol. The molecule has 1 aliphatic heterocycles. The van der Waals surface area contributed by atoms with E-state index in [4.69, 9.17) is 11.6 Å². The molecule has 0 spiro atoms. The van der Waals surface area contributed by atoms with Crippen LogP contribution in [0.3, 0.4) is 0 Å². The highest BCUT2D eigenvalue weighted by molar-refractivity contribution is 6.31. The van der Waals surface area contributed by atoms with Gasteiger partial charge >= 0.3 is 0 Å². The van der Waals surface area contributed by atoms with E-state index in [1.807, 2.05) is 30.0 Å². The molecule has 1 aromatic heterocycles. The first kappa shape index (κ1) is 16.7. The van der Waals surface area contributed by atoms with Gasteiger partial charge in [-0.15, -0.1) is 0 Å². The second-order valence-corrected chi connectivity index (χ2v) is 6.42. The minimum absolute atomic E-state index is 0.200. The molecule has 6 heteroatoms. The Kier molecular flexibility index (Phi) is 5.30. The maximum atomic E-state index is 12.4. The first-order valence-corrected chi connectivity index (χ1v) is 8.55. The molecule has 3 rings (SSSR count). The number of benzene rings is 1. The molecule has 0 unspecified atom stereocenters. The van der Waals surface area contributed by atoms with E-state index in [0.29, 0.717) is 6.42 Å². The van der Waals surface area contributed by atoms with Crippen LogP contribution in [0.25, 0.3) is 0 Å². The lowest BCUT2D eigenvalue weighted by atomic mass is 10.1. The van der Waals surface area contributed by atoms with Gasteiger partial charge in [0.05, 0.1) is 6.20 Å². The molecule has 0 bridgehead atoms. The Hall–Kier alpha value is -2.14. The van der Waals surface area contributed by atoms with Crippen LogP contribution in [0.2, 0.25) is 5.02 Å². The summed E-state index contributed by atoms with van der Waals surface area (Å²) < 4.78 is 0. The van der Waals surface area contributed by atoms with Crippen LogP contribution in [0.5, 0.6) is 0 Å². The van der Waals surface area contributed by atoms with E-state index in [9.17, 15) is 4.79 Å². The molecular formula is C18H21ClN4O. The zero-order chi connectivity index (χ0) is 16.9. The number of aromatic nitrogens is 2. The summed E-state index contributed by atoms with van der Waals surface area (Å²) in [4.78, 5) is 24.9. The summed E-state index contributed by atoms with van der Waals surface area (Å²) >= 11 is 6.14. The van der Waals surface area contributed by atoms with Crippen LogP contribution in [-0.4, -0.2) is 47.0 Å². The Morgan fingerprint density at radius 2 is 2.00 bits per heavy atom. The van der Waals surface area contributed by atoms with Crippen LogP contribution >= 0.6 is 11.6 Å². The summed E-state index contributed by atoms with van der Waals surface area (Å²) in [6.07, 6.45) is 6.37. The lowest BCUT2D eigenvalue weighted by Crippen LogP contribution is -2.49. The zero-order valence-corrected chi connectivity index (χ0v) is 14.5. The summed E-state index contributed by atoms with van der Waals surface area (Å²) in [5.41, 5.74) is 2.17. The predicted molar refractivity (Wildman–Crippen MR) is 95.3 cm³/mol. The van der Waals surface area contributed by atoms with Crippen molar-refractivity contribution in [3.8, 4) is 0 Å². The van der Waals surface area contributed by atoms with E-state index in [-0.39, 0.29) is 5.91 Å². The van der Waals surface area contributed by atoms with Gasteiger partial charge in [0, 0.05) is 50.0 Å². The quantitative estimate of drug-likeness (QED) is 0.855. The minimum Gasteiger partial charge on any atom is -0.352 e. The molecule has 0 saturated carbocycles. The molecule has 1 aromatic carbocycles. The number of carbonyl (C=O) groups is 1. The predicted octanol–water partition coefficient (Wildman–Crippen LogP) is 2.72. The van der Waals surface area contributed by atoms with Crippen molar-refractivity contribution in [3.63, 3.8) is 0 Å². The van der Waals surface area contributed by atoms with Gasteiger partial charge < -0.3 is 9.80 Å². The SMILES string of the molecule is Cc1ccc(CCC(=O)N2CCN(c3cnccn3)CC2)cc1Cl. The second-order valence-electron chi connectivity index (χ2n) is 6.01. The first-order chi connectivity index (χ1) is 11.6. The molecule has 0 aliphatic carbocycles. The summed E-state index contributed by atoms with van der Waals surface area (Å²) in [6.45, 7) is 5.02. The van der Waals surface area contributed by atoms with E-state index >= 15 is 0 Å². The highest BCUT2D eigenvalue weighted by atomic mass is 35.5. The van der Waals surface area contributed by atoms with Crippen LogP contribution in [0.4, 0.5) is 5.82 Å². The standard InChI is InChI=1S/C18H21ClN4O/c1-14-2-3-15(12-16(14)19)4-5-18(24)23-10-8-22(9-11-23)17-13-20-6-7-21-17/h2-3,6-7,12-13H,4-5,8-11H2,1H3. The van der Waals surface area contributed by atoms with Crippen molar-refractivity contribution in [1.29, 1.82) is 0 Å². The number of nitrogens with zero attached hydrogens (tertiary/aromatic N) is 4. The summed E-state index contributed by atoms with van der Waals surface area (Å²) in [6, 6.07) is 6.00. The number of hydrogen-bond acceptors (Lipinski definition) is 4. The normalized spacial score (nSPS) is 14.8. The van der Waals surface area contributed by atoms with Gasteiger partial charge in [0.1, 0.15) is 5.82 Å². The Bertz CT molecular complexity index is 699. The van der Waals surface area contributed by atoms with Gasteiger partial charge in [0.15, 0.2) is 0 Å².